The van der Waals surface area contributed by atoms with Crippen LogP contribution >= 0.6 is 0 Å². The Kier molecular flexibility index (Phi) is 5.29. The minimum atomic E-state index is -3.65. The van der Waals surface area contributed by atoms with Crippen LogP contribution in [0.5, 0.6) is 0 Å². The molecule has 0 saturated carbocycles. The van der Waals surface area contributed by atoms with Crippen LogP contribution in [0.1, 0.15) is 38.3 Å². The molecule has 0 amide bonds. The summed E-state index contributed by atoms with van der Waals surface area (Å²) in [5, 5.41) is 2.83. The van der Waals surface area contributed by atoms with E-state index < -0.39 is 15.6 Å². The second-order valence-corrected chi connectivity index (χ2v) is 7.27. The molecule has 0 spiro atoms. The van der Waals surface area contributed by atoms with Gasteiger partial charge in [0.15, 0.2) is 0 Å². The first kappa shape index (κ1) is 17.1. The van der Waals surface area contributed by atoms with Gasteiger partial charge < -0.3 is 5.32 Å². The summed E-state index contributed by atoms with van der Waals surface area (Å²) in [6, 6.07) is 2.75. The first-order valence-corrected chi connectivity index (χ1v) is 8.09. The van der Waals surface area contributed by atoms with Crippen LogP contribution in [-0.2, 0) is 16.6 Å². The molecule has 20 heavy (non-hydrogen) atoms. The lowest BCUT2D eigenvalue weighted by Crippen LogP contribution is -2.42. The monoisotopic (exact) mass is 302 g/mol. The normalized spacial score (nSPS) is 12.7. The summed E-state index contributed by atoms with van der Waals surface area (Å²) >= 11 is 0. The molecule has 0 aromatic heterocycles. The molecule has 0 saturated heterocycles. The highest BCUT2D eigenvalue weighted by Gasteiger charge is 2.25. The average Bonchev–Trinajstić information content (AvgIpc) is 2.33. The van der Waals surface area contributed by atoms with Gasteiger partial charge >= 0.3 is 0 Å². The van der Waals surface area contributed by atoms with E-state index in [4.69, 9.17) is 0 Å². The van der Waals surface area contributed by atoms with Gasteiger partial charge in [-0.2, -0.15) is 0 Å². The van der Waals surface area contributed by atoms with Crippen molar-refractivity contribution in [3.8, 4) is 0 Å². The van der Waals surface area contributed by atoms with Crippen LogP contribution in [0.2, 0.25) is 0 Å². The molecule has 0 heterocycles. The second kappa shape index (κ2) is 6.20. The molecule has 2 N–H and O–H groups in total. The highest BCUT2D eigenvalue weighted by Crippen LogP contribution is 2.21. The fourth-order valence-corrected chi connectivity index (χ4v) is 3.39. The summed E-state index contributed by atoms with van der Waals surface area (Å²) in [4.78, 5) is 0.100. The minimum Gasteiger partial charge on any atom is -0.316 e. The summed E-state index contributed by atoms with van der Waals surface area (Å²) in [7, 11) is -1.97. The molecule has 0 radical (unpaired) electrons. The van der Waals surface area contributed by atoms with E-state index in [1.54, 1.807) is 14.0 Å². The van der Waals surface area contributed by atoms with Crippen LogP contribution in [0.25, 0.3) is 0 Å². The Labute approximate surface area is 120 Å². The molecule has 114 valence electrons. The SMILES string of the molecule is CCC(C)(C)NS(=O)(=O)c1cc(C)c(F)c(CNC)c1. The van der Waals surface area contributed by atoms with Gasteiger partial charge in [0.2, 0.25) is 10.0 Å². The first-order valence-electron chi connectivity index (χ1n) is 6.60. The van der Waals surface area contributed by atoms with Crippen molar-refractivity contribution in [3.63, 3.8) is 0 Å². The molecule has 0 fully saturated rings. The Balaban J connectivity index is 3.26. The molecule has 4 nitrogen and oxygen atoms in total. The lowest BCUT2D eigenvalue weighted by Gasteiger charge is -2.24. The quantitative estimate of drug-likeness (QED) is 0.848. The first-order chi connectivity index (χ1) is 9.13. The van der Waals surface area contributed by atoms with E-state index in [9.17, 15) is 12.8 Å². The van der Waals surface area contributed by atoms with E-state index >= 15 is 0 Å². The molecule has 6 heteroatoms. The molecule has 1 aromatic carbocycles. The van der Waals surface area contributed by atoms with Crippen LogP contribution in [0, 0.1) is 12.7 Å². The van der Waals surface area contributed by atoms with Gasteiger partial charge in [-0.05, 0) is 51.9 Å². The largest absolute Gasteiger partial charge is 0.316 e. The number of halogens is 1. The van der Waals surface area contributed by atoms with Crippen molar-refractivity contribution in [2.45, 2.75) is 51.1 Å². The minimum absolute atomic E-state index is 0.100. The maximum absolute atomic E-state index is 13.9. The van der Waals surface area contributed by atoms with E-state index in [2.05, 4.69) is 10.0 Å². The van der Waals surface area contributed by atoms with Gasteiger partial charge in [-0.1, -0.05) is 6.92 Å². The van der Waals surface area contributed by atoms with E-state index in [0.29, 0.717) is 17.5 Å². The third-order valence-electron chi connectivity index (χ3n) is 3.28. The molecule has 0 aliphatic rings. The smallest absolute Gasteiger partial charge is 0.241 e. The van der Waals surface area contributed by atoms with Crippen LogP contribution in [-0.4, -0.2) is 21.0 Å². The zero-order valence-corrected chi connectivity index (χ0v) is 13.5. The summed E-state index contributed by atoms with van der Waals surface area (Å²) in [6.07, 6.45) is 0.662. The average molecular weight is 302 g/mol. The molecular formula is C14H23FN2O2S. The van der Waals surface area contributed by atoms with E-state index in [0.717, 1.165) is 0 Å². The van der Waals surface area contributed by atoms with Crippen LogP contribution in [0.3, 0.4) is 0 Å². The van der Waals surface area contributed by atoms with Crippen LogP contribution < -0.4 is 10.0 Å². The predicted octanol–water partition coefficient (Wildman–Crippen LogP) is 2.32. The molecular weight excluding hydrogens is 279 g/mol. The van der Waals surface area contributed by atoms with Gasteiger partial charge in [0.25, 0.3) is 0 Å². The third kappa shape index (κ3) is 4.01. The topological polar surface area (TPSA) is 58.2 Å². The van der Waals surface area contributed by atoms with Gasteiger partial charge in [0.1, 0.15) is 5.82 Å². The number of hydrogen-bond acceptors (Lipinski definition) is 3. The highest BCUT2D eigenvalue weighted by molar-refractivity contribution is 7.89. The van der Waals surface area contributed by atoms with E-state index in [1.807, 2.05) is 20.8 Å². The van der Waals surface area contributed by atoms with Crippen molar-refractivity contribution in [2.75, 3.05) is 7.05 Å². The maximum atomic E-state index is 13.9. The second-order valence-electron chi connectivity index (χ2n) is 5.59. The molecule has 1 rings (SSSR count). The lowest BCUT2D eigenvalue weighted by molar-refractivity contribution is 0.439. The highest BCUT2D eigenvalue weighted by atomic mass is 32.2. The van der Waals surface area contributed by atoms with Crippen molar-refractivity contribution in [2.24, 2.45) is 0 Å². The Morgan fingerprint density at radius 1 is 1.30 bits per heavy atom. The third-order valence-corrected chi connectivity index (χ3v) is 4.95. The van der Waals surface area contributed by atoms with Crippen LogP contribution in [0.4, 0.5) is 4.39 Å². The number of benzene rings is 1. The Morgan fingerprint density at radius 2 is 1.90 bits per heavy atom. The molecule has 0 atom stereocenters. The Bertz CT molecular complexity index is 583. The summed E-state index contributed by atoms with van der Waals surface area (Å²) in [5.41, 5.74) is 0.138. The van der Waals surface area contributed by atoms with Crippen molar-refractivity contribution in [3.05, 3.63) is 29.1 Å². The summed E-state index contributed by atoms with van der Waals surface area (Å²) in [6.45, 7) is 7.39. The number of rotatable bonds is 6. The van der Waals surface area contributed by atoms with Gasteiger partial charge in [-0.15, -0.1) is 0 Å². The van der Waals surface area contributed by atoms with Crippen molar-refractivity contribution >= 4 is 10.0 Å². The van der Waals surface area contributed by atoms with Crippen LogP contribution in [0.15, 0.2) is 17.0 Å². The standard InChI is InChI=1S/C14H23FN2O2S/c1-6-14(3,4)17-20(18,19)12-7-10(2)13(15)11(8-12)9-16-5/h7-8,16-17H,6,9H2,1-5H3. The van der Waals surface area contributed by atoms with Gasteiger partial charge in [0.05, 0.1) is 4.90 Å². The fourth-order valence-electron chi connectivity index (χ4n) is 1.78. The van der Waals surface area contributed by atoms with Gasteiger partial charge in [0, 0.05) is 17.6 Å². The molecule has 0 bridgehead atoms. The number of aryl methyl sites for hydroxylation is 1. The van der Waals surface area contributed by atoms with Gasteiger partial charge in [-0.25, -0.2) is 17.5 Å². The Hall–Kier alpha value is -0.980. The number of hydrogen-bond donors (Lipinski definition) is 2. The molecule has 0 aliphatic carbocycles. The molecule has 0 unspecified atom stereocenters. The van der Waals surface area contributed by atoms with Crippen molar-refractivity contribution in [1.82, 2.24) is 10.0 Å². The predicted molar refractivity (Wildman–Crippen MR) is 78.6 cm³/mol. The number of sulfonamides is 1. The summed E-state index contributed by atoms with van der Waals surface area (Å²) < 4.78 is 41.3. The van der Waals surface area contributed by atoms with Crippen molar-refractivity contribution in [1.29, 1.82) is 0 Å². The Morgan fingerprint density at radius 3 is 2.40 bits per heavy atom. The van der Waals surface area contributed by atoms with Crippen molar-refractivity contribution < 1.29 is 12.8 Å². The zero-order chi connectivity index (χ0) is 15.6. The summed E-state index contributed by atoms with van der Waals surface area (Å²) in [5.74, 6) is -0.368. The lowest BCUT2D eigenvalue weighted by atomic mass is 10.0. The molecule has 0 aliphatic heterocycles. The molecule has 1 aromatic rings. The van der Waals surface area contributed by atoms with E-state index in [-0.39, 0.29) is 17.3 Å². The number of nitrogens with one attached hydrogen (secondary N) is 2. The van der Waals surface area contributed by atoms with E-state index in [1.165, 1.54) is 12.1 Å². The van der Waals surface area contributed by atoms with Gasteiger partial charge in [-0.3, -0.25) is 0 Å². The maximum Gasteiger partial charge on any atom is 0.241 e. The zero-order valence-electron chi connectivity index (χ0n) is 12.7. The fraction of sp³-hybridized carbons (Fsp3) is 0.571.